The Morgan fingerprint density at radius 2 is 2.18 bits per heavy atom. The lowest BCUT2D eigenvalue weighted by molar-refractivity contribution is 0.0931. The molecule has 1 N–H and O–H groups in total. The lowest BCUT2D eigenvalue weighted by Gasteiger charge is -2.34. The van der Waals surface area contributed by atoms with Crippen molar-refractivity contribution in [2.45, 2.75) is 25.8 Å². The van der Waals surface area contributed by atoms with Crippen molar-refractivity contribution < 1.29 is 13.6 Å². The number of para-hydroxylation sites is 1. The van der Waals surface area contributed by atoms with Crippen LogP contribution in [-0.4, -0.2) is 25.0 Å². The average molecular weight is 302 g/mol. The number of hydrogen-bond acceptors (Lipinski definition) is 3. The van der Waals surface area contributed by atoms with Gasteiger partial charge in [-0.2, -0.15) is 0 Å². The summed E-state index contributed by atoms with van der Waals surface area (Å²) in [6.45, 7) is 3.18. The third kappa shape index (κ3) is 2.98. The molecule has 0 saturated carbocycles. The lowest BCUT2D eigenvalue weighted by atomic mass is 10.0. The summed E-state index contributed by atoms with van der Waals surface area (Å²) >= 11 is 0. The van der Waals surface area contributed by atoms with Gasteiger partial charge in [-0.1, -0.05) is 12.1 Å². The molecule has 1 saturated heterocycles. The minimum atomic E-state index is -0.222. The molecular weight excluding hydrogens is 283 g/mol. The van der Waals surface area contributed by atoms with Crippen molar-refractivity contribution in [3.8, 4) is 0 Å². The Balaban J connectivity index is 1.68. The van der Waals surface area contributed by atoms with Crippen molar-refractivity contribution in [3.63, 3.8) is 0 Å². The highest BCUT2D eigenvalue weighted by atomic mass is 19.1. The Labute approximate surface area is 128 Å². The van der Waals surface area contributed by atoms with Crippen LogP contribution in [0.5, 0.6) is 0 Å². The highest BCUT2D eigenvalue weighted by Crippen LogP contribution is 2.23. The van der Waals surface area contributed by atoms with E-state index in [4.69, 9.17) is 4.42 Å². The summed E-state index contributed by atoms with van der Waals surface area (Å²) in [5.74, 6) is 0.256. The maximum Gasteiger partial charge on any atom is 0.255 e. The van der Waals surface area contributed by atoms with Crippen LogP contribution in [0.2, 0.25) is 0 Å². The van der Waals surface area contributed by atoms with E-state index in [1.165, 1.54) is 12.3 Å². The molecule has 2 heterocycles. The van der Waals surface area contributed by atoms with Gasteiger partial charge < -0.3 is 14.6 Å². The van der Waals surface area contributed by atoms with Crippen molar-refractivity contribution in [3.05, 3.63) is 53.7 Å². The third-order valence-electron chi connectivity index (χ3n) is 4.05. The summed E-state index contributed by atoms with van der Waals surface area (Å²) in [5.41, 5.74) is 1.16. The molecule has 1 aromatic heterocycles. The van der Waals surface area contributed by atoms with Gasteiger partial charge >= 0.3 is 0 Å². The van der Waals surface area contributed by atoms with Crippen LogP contribution in [0.1, 0.15) is 29.0 Å². The minimum Gasteiger partial charge on any atom is -0.469 e. The van der Waals surface area contributed by atoms with Crippen LogP contribution in [0.4, 0.5) is 10.1 Å². The van der Waals surface area contributed by atoms with E-state index < -0.39 is 0 Å². The molecule has 1 amide bonds. The molecule has 0 aliphatic carbocycles. The van der Waals surface area contributed by atoms with Crippen molar-refractivity contribution in [2.75, 3.05) is 18.0 Å². The van der Waals surface area contributed by atoms with Gasteiger partial charge in [-0.25, -0.2) is 4.39 Å². The van der Waals surface area contributed by atoms with E-state index >= 15 is 0 Å². The molecule has 1 fully saturated rings. The van der Waals surface area contributed by atoms with Gasteiger partial charge in [0.05, 0.1) is 17.5 Å². The molecule has 4 nitrogen and oxygen atoms in total. The van der Waals surface area contributed by atoms with Gasteiger partial charge in [-0.3, -0.25) is 4.79 Å². The molecule has 116 valence electrons. The first-order chi connectivity index (χ1) is 10.6. The molecule has 1 aromatic carbocycles. The minimum absolute atomic E-state index is 0.00940. The number of anilines is 1. The molecule has 1 atom stereocenters. The van der Waals surface area contributed by atoms with Crippen LogP contribution in [0.25, 0.3) is 0 Å². The summed E-state index contributed by atoms with van der Waals surface area (Å²) in [5, 5.41) is 3.02. The molecule has 2 aromatic rings. The number of carbonyl (C=O) groups is 1. The van der Waals surface area contributed by atoms with E-state index in [0.29, 0.717) is 23.6 Å². The Bertz CT molecular complexity index is 668. The number of piperidine rings is 1. The van der Waals surface area contributed by atoms with E-state index in [0.717, 1.165) is 19.4 Å². The van der Waals surface area contributed by atoms with Crippen molar-refractivity contribution >= 4 is 11.6 Å². The molecule has 22 heavy (non-hydrogen) atoms. The monoisotopic (exact) mass is 302 g/mol. The number of furan rings is 1. The number of halogens is 1. The molecule has 0 bridgehead atoms. The maximum absolute atomic E-state index is 13.9. The molecular formula is C17H19FN2O2. The van der Waals surface area contributed by atoms with Gasteiger partial charge in [0.1, 0.15) is 11.6 Å². The lowest BCUT2D eigenvalue weighted by Crippen LogP contribution is -2.48. The van der Waals surface area contributed by atoms with Crippen LogP contribution < -0.4 is 10.2 Å². The normalized spacial score (nSPS) is 18.3. The highest BCUT2D eigenvalue weighted by molar-refractivity contribution is 5.95. The zero-order valence-electron chi connectivity index (χ0n) is 12.5. The summed E-state index contributed by atoms with van der Waals surface area (Å²) in [6, 6.07) is 8.43. The second kappa shape index (κ2) is 6.22. The zero-order chi connectivity index (χ0) is 15.5. The van der Waals surface area contributed by atoms with Crippen molar-refractivity contribution in [1.29, 1.82) is 0 Å². The van der Waals surface area contributed by atoms with Crippen LogP contribution in [-0.2, 0) is 0 Å². The SMILES string of the molecule is Cc1occc1C(=O)N[C@H]1CCCN(c2ccccc2F)C1. The van der Waals surface area contributed by atoms with Gasteiger partial charge in [0.25, 0.3) is 5.91 Å². The Kier molecular flexibility index (Phi) is 4.13. The van der Waals surface area contributed by atoms with Gasteiger partial charge in [0.2, 0.25) is 0 Å². The first-order valence-electron chi connectivity index (χ1n) is 7.49. The van der Waals surface area contributed by atoms with Crippen molar-refractivity contribution in [2.24, 2.45) is 0 Å². The van der Waals surface area contributed by atoms with Crippen LogP contribution >= 0.6 is 0 Å². The van der Waals surface area contributed by atoms with Crippen LogP contribution in [0.15, 0.2) is 41.0 Å². The van der Waals surface area contributed by atoms with E-state index in [1.54, 1.807) is 25.1 Å². The Hall–Kier alpha value is -2.30. The van der Waals surface area contributed by atoms with Gasteiger partial charge in [0, 0.05) is 19.1 Å². The number of hydrogen-bond donors (Lipinski definition) is 1. The smallest absolute Gasteiger partial charge is 0.255 e. The average Bonchev–Trinajstić information content (AvgIpc) is 2.94. The number of aryl methyl sites for hydroxylation is 1. The number of nitrogens with zero attached hydrogens (tertiary/aromatic N) is 1. The molecule has 0 unspecified atom stereocenters. The maximum atomic E-state index is 13.9. The Morgan fingerprint density at radius 1 is 1.36 bits per heavy atom. The number of benzene rings is 1. The molecule has 3 rings (SSSR count). The van der Waals surface area contributed by atoms with Gasteiger partial charge in [0.15, 0.2) is 0 Å². The first kappa shape index (κ1) is 14.6. The second-order valence-electron chi connectivity index (χ2n) is 5.60. The Morgan fingerprint density at radius 3 is 2.91 bits per heavy atom. The fourth-order valence-corrected chi connectivity index (χ4v) is 2.91. The predicted molar refractivity (Wildman–Crippen MR) is 82.5 cm³/mol. The second-order valence-corrected chi connectivity index (χ2v) is 5.60. The standard InChI is InChI=1S/C17H19FN2O2/c1-12-14(8-10-22-12)17(21)19-13-5-4-9-20(11-13)16-7-3-2-6-15(16)18/h2-3,6-8,10,13H,4-5,9,11H2,1H3,(H,19,21)/t13-/m0/s1. The number of rotatable bonds is 3. The molecule has 1 aliphatic rings. The fourth-order valence-electron chi connectivity index (χ4n) is 2.91. The predicted octanol–water partition coefficient (Wildman–Crippen LogP) is 3.13. The highest BCUT2D eigenvalue weighted by Gasteiger charge is 2.24. The van der Waals surface area contributed by atoms with E-state index in [-0.39, 0.29) is 17.8 Å². The molecule has 0 radical (unpaired) electrons. The number of amides is 1. The topological polar surface area (TPSA) is 45.5 Å². The summed E-state index contributed by atoms with van der Waals surface area (Å²) in [7, 11) is 0. The van der Waals surface area contributed by atoms with Crippen molar-refractivity contribution in [1.82, 2.24) is 5.32 Å². The zero-order valence-corrected chi connectivity index (χ0v) is 12.5. The largest absolute Gasteiger partial charge is 0.469 e. The number of carbonyl (C=O) groups excluding carboxylic acids is 1. The van der Waals surface area contributed by atoms with Gasteiger partial charge in [-0.05, 0) is 38.0 Å². The van der Waals surface area contributed by atoms with Crippen LogP contribution in [0, 0.1) is 12.7 Å². The quantitative estimate of drug-likeness (QED) is 0.947. The first-order valence-corrected chi connectivity index (χ1v) is 7.49. The van der Waals surface area contributed by atoms with Gasteiger partial charge in [-0.15, -0.1) is 0 Å². The fraction of sp³-hybridized carbons (Fsp3) is 0.353. The summed E-state index contributed by atoms with van der Waals surface area (Å²) < 4.78 is 19.1. The number of nitrogens with one attached hydrogen (secondary N) is 1. The van der Waals surface area contributed by atoms with E-state index in [9.17, 15) is 9.18 Å². The van der Waals surface area contributed by atoms with E-state index in [2.05, 4.69) is 5.32 Å². The molecule has 5 heteroatoms. The third-order valence-corrected chi connectivity index (χ3v) is 4.05. The molecule has 1 aliphatic heterocycles. The van der Waals surface area contributed by atoms with Crippen LogP contribution in [0.3, 0.4) is 0 Å². The summed E-state index contributed by atoms with van der Waals surface area (Å²) in [4.78, 5) is 14.2. The summed E-state index contributed by atoms with van der Waals surface area (Å²) in [6.07, 6.45) is 3.33. The van der Waals surface area contributed by atoms with E-state index in [1.807, 2.05) is 11.0 Å². The molecule has 0 spiro atoms.